The van der Waals surface area contributed by atoms with Gasteiger partial charge in [0.2, 0.25) is 0 Å². The second-order valence-electron chi connectivity index (χ2n) is 5.51. The molecule has 1 N–H and O–H groups in total. The quantitative estimate of drug-likeness (QED) is 0.942. The SMILES string of the molecule is COc1cccc(-c2cc(C)nc(C3CCNCC3)n2)c1.Cl. The summed E-state index contributed by atoms with van der Waals surface area (Å²) in [6, 6.07) is 10.1. The molecule has 1 saturated heterocycles. The van der Waals surface area contributed by atoms with E-state index in [0.29, 0.717) is 5.92 Å². The van der Waals surface area contributed by atoms with Gasteiger partial charge < -0.3 is 10.1 Å². The fourth-order valence-corrected chi connectivity index (χ4v) is 2.78. The van der Waals surface area contributed by atoms with Crippen LogP contribution >= 0.6 is 12.4 Å². The summed E-state index contributed by atoms with van der Waals surface area (Å²) in [5.74, 6) is 2.30. The summed E-state index contributed by atoms with van der Waals surface area (Å²) in [4.78, 5) is 9.46. The number of halogens is 1. The first kappa shape index (κ1) is 16.7. The summed E-state index contributed by atoms with van der Waals surface area (Å²) in [5, 5.41) is 3.39. The van der Waals surface area contributed by atoms with Crippen molar-refractivity contribution < 1.29 is 4.74 Å². The number of piperidine rings is 1. The Balaban J connectivity index is 0.00000176. The Labute approximate surface area is 137 Å². The third-order valence-corrected chi connectivity index (χ3v) is 3.94. The fourth-order valence-electron chi connectivity index (χ4n) is 2.78. The lowest BCUT2D eigenvalue weighted by Gasteiger charge is -2.22. The number of nitrogens with one attached hydrogen (secondary N) is 1. The monoisotopic (exact) mass is 319 g/mol. The molecule has 3 rings (SSSR count). The molecule has 0 saturated carbocycles. The Morgan fingerprint density at radius 3 is 2.64 bits per heavy atom. The van der Waals surface area contributed by atoms with Crippen LogP contribution in [0.2, 0.25) is 0 Å². The second-order valence-corrected chi connectivity index (χ2v) is 5.51. The largest absolute Gasteiger partial charge is 0.497 e. The van der Waals surface area contributed by atoms with Gasteiger partial charge in [0.15, 0.2) is 0 Å². The van der Waals surface area contributed by atoms with E-state index in [1.54, 1.807) is 7.11 Å². The van der Waals surface area contributed by atoms with Gasteiger partial charge in [-0.3, -0.25) is 0 Å². The summed E-state index contributed by atoms with van der Waals surface area (Å²) in [5.41, 5.74) is 3.08. The maximum atomic E-state index is 5.30. The molecule has 1 aliphatic rings. The van der Waals surface area contributed by atoms with Gasteiger partial charge >= 0.3 is 0 Å². The number of aromatic nitrogens is 2. The Bertz CT molecular complexity index is 627. The Kier molecular flexibility index (Phi) is 5.75. The normalized spacial score (nSPS) is 15.2. The molecule has 5 heteroatoms. The van der Waals surface area contributed by atoms with Gasteiger partial charge in [-0.1, -0.05) is 12.1 Å². The zero-order valence-electron chi connectivity index (χ0n) is 13.0. The highest BCUT2D eigenvalue weighted by atomic mass is 35.5. The van der Waals surface area contributed by atoms with E-state index in [1.807, 2.05) is 31.2 Å². The molecular weight excluding hydrogens is 298 g/mol. The first-order valence-corrected chi connectivity index (χ1v) is 7.47. The average molecular weight is 320 g/mol. The molecule has 0 radical (unpaired) electrons. The van der Waals surface area contributed by atoms with Gasteiger partial charge in [-0.05, 0) is 51.1 Å². The van der Waals surface area contributed by atoms with Crippen LogP contribution in [0.15, 0.2) is 30.3 Å². The highest BCUT2D eigenvalue weighted by Gasteiger charge is 2.19. The molecule has 0 spiro atoms. The van der Waals surface area contributed by atoms with Crippen LogP contribution in [0.3, 0.4) is 0 Å². The van der Waals surface area contributed by atoms with Crippen molar-refractivity contribution in [1.82, 2.24) is 15.3 Å². The summed E-state index contributed by atoms with van der Waals surface area (Å²) in [7, 11) is 1.69. The standard InChI is InChI=1S/C17H21N3O.ClH/c1-12-10-16(14-4-3-5-15(11-14)21-2)20-17(19-12)13-6-8-18-9-7-13;/h3-5,10-11,13,18H,6-9H2,1-2H3;1H. The van der Waals surface area contributed by atoms with E-state index in [1.165, 1.54) is 0 Å². The van der Waals surface area contributed by atoms with E-state index in [2.05, 4.69) is 16.4 Å². The number of hydrogen-bond acceptors (Lipinski definition) is 4. The van der Waals surface area contributed by atoms with E-state index in [4.69, 9.17) is 9.72 Å². The fraction of sp³-hybridized carbons (Fsp3) is 0.412. The predicted molar refractivity (Wildman–Crippen MR) is 90.8 cm³/mol. The van der Waals surface area contributed by atoms with Crippen molar-refractivity contribution in [2.24, 2.45) is 0 Å². The molecule has 1 aromatic heterocycles. The molecule has 0 atom stereocenters. The minimum Gasteiger partial charge on any atom is -0.497 e. The zero-order valence-corrected chi connectivity index (χ0v) is 13.8. The zero-order chi connectivity index (χ0) is 14.7. The summed E-state index contributed by atoms with van der Waals surface area (Å²) >= 11 is 0. The lowest BCUT2D eigenvalue weighted by molar-refractivity contribution is 0.415. The molecule has 1 aromatic carbocycles. The molecule has 2 heterocycles. The maximum absolute atomic E-state index is 5.30. The summed E-state index contributed by atoms with van der Waals surface area (Å²) < 4.78 is 5.30. The summed E-state index contributed by atoms with van der Waals surface area (Å²) in [6.07, 6.45) is 2.22. The number of nitrogens with zero attached hydrogens (tertiary/aromatic N) is 2. The first-order chi connectivity index (χ1) is 10.3. The molecule has 1 fully saturated rings. The van der Waals surface area contributed by atoms with Gasteiger partial charge in [0.25, 0.3) is 0 Å². The van der Waals surface area contributed by atoms with Crippen LogP contribution in [0.5, 0.6) is 5.75 Å². The molecule has 0 unspecified atom stereocenters. The van der Waals surface area contributed by atoms with Gasteiger partial charge in [0.1, 0.15) is 11.6 Å². The highest BCUT2D eigenvalue weighted by molar-refractivity contribution is 5.85. The van der Waals surface area contributed by atoms with Crippen molar-refractivity contribution >= 4 is 12.4 Å². The first-order valence-electron chi connectivity index (χ1n) is 7.47. The lowest BCUT2D eigenvalue weighted by Crippen LogP contribution is -2.27. The van der Waals surface area contributed by atoms with E-state index in [-0.39, 0.29) is 12.4 Å². The Hall–Kier alpha value is -1.65. The van der Waals surface area contributed by atoms with Gasteiger partial charge in [-0.15, -0.1) is 12.4 Å². The van der Waals surface area contributed by atoms with E-state index < -0.39 is 0 Å². The third kappa shape index (κ3) is 3.76. The third-order valence-electron chi connectivity index (χ3n) is 3.94. The van der Waals surface area contributed by atoms with Crippen molar-refractivity contribution in [2.45, 2.75) is 25.7 Å². The molecule has 0 aliphatic carbocycles. The topological polar surface area (TPSA) is 47.0 Å². The van der Waals surface area contributed by atoms with Crippen molar-refractivity contribution in [3.8, 4) is 17.0 Å². The second kappa shape index (κ2) is 7.56. The van der Waals surface area contributed by atoms with E-state index in [9.17, 15) is 0 Å². The van der Waals surface area contributed by atoms with E-state index in [0.717, 1.165) is 54.5 Å². The van der Waals surface area contributed by atoms with Crippen LogP contribution in [0.1, 0.15) is 30.3 Å². The van der Waals surface area contributed by atoms with Crippen molar-refractivity contribution in [1.29, 1.82) is 0 Å². The van der Waals surface area contributed by atoms with Crippen molar-refractivity contribution in [2.75, 3.05) is 20.2 Å². The average Bonchev–Trinajstić information content (AvgIpc) is 2.55. The van der Waals surface area contributed by atoms with Gasteiger partial charge in [0, 0.05) is 17.2 Å². The lowest BCUT2D eigenvalue weighted by atomic mass is 9.97. The van der Waals surface area contributed by atoms with Crippen LogP contribution in [0, 0.1) is 6.92 Å². The molecule has 22 heavy (non-hydrogen) atoms. The van der Waals surface area contributed by atoms with E-state index >= 15 is 0 Å². The minimum atomic E-state index is 0. The highest BCUT2D eigenvalue weighted by Crippen LogP contribution is 2.27. The molecule has 1 aliphatic heterocycles. The van der Waals surface area contributed by atoms with Crippen molar-refractivity contribution in [3.05, 3.63) is 41.9 Å². The maximum Gasteiger partial charge on any atom is 0.132 e. The number of hydrogen-bond donors (Lipinski definition) is 1. The molecule has 0 amide bonds. The predicted octanol–water partition coefficient (Wildman–Crippen LogP) is 3.35. The molecule has 0 bridgehead atoms. The number of aryl methyl sites for hydroxylation is 1. The number of methoxy groups -OCH3 is 1. The Morgan fingerprint density at radius 2 is 1.91 bits per heavy atom. The summed E-state index contributed by atoms with van der Waals surface area (Å²) in [6.45, 7) is 4.14. The van der Waals surface area contributed by atoms with Crippen LogP contribution in [-0.2, 0) is 0 Å². The number of benzene rings is 1. The molecular formula is C17H22ClN3O. The Morgan fingerprint density at radius 1 is 1.14 bits per heavy atom. The van der Waals surface area contributed by atoms with Crippen LogP contribution in [0.25, 0.3) is 11.3 Å². The molecule has 2 aromatic rings. The van der Waals surface area contributed by atoms with Crippen LogP contribution in [-0.4, -0.2) is 30.2 Å². The molecule has 118 valence electrons. The van der Waals surface area contributed by atoms with Crippen LogP contribution < -0.4 is 10.1 Å². The minimum absolute atomic E-state index is 0. The number of ether oxygens (including phenoxy) is 1. The van der Waals surface area contributed by atoms with Gasteiger partial charge in [0.05, 0.1) is 12.8 Å². The van der Waals surface area contributed by atoms with Gasteiger partial charge in [-0.2, -0.15) is 0 Å². The molecule has 4 nitrogen and oxygen atoms in total. The smallest absolute Gasteiger partial charge is 0.132 e. The van der Waals surface area contributed by atoms with Crippen molar-refractivity contribution in [3.63, 3.8) is 0 Å². The number of rotatable bonds is 3. The van der Waals surface area contributed by atoms with Crippen LogP contribution in [0.4, 0.5) is 0 Å². The van der Waals surface area contributed by atoms with Gasteiger partial charge in [-0.25, -0.2) is 9.97 Å².